The molecule has 2 aromatic rings. The second-order valence-electron chi connectivity index (χ2n) is 4.90. The molecule has 1 aromatic heterocycles. The Balaban J connectivity index is 2.45. The molecule has 0 radical (unpaired) electrons. The van der Waals surface area contributed by atoms with Gasteiger partial charge in [-0.05, 0) is 18.2 Å². The van der Waals surface area contributed by atoms with Gasteiger partial charge in [-0.1, -0.05) is 27.5 Å². The second-order valence-corrected chi connectivity index (χ2v) is 6.19. The molecule has 0 aliphatic carbocycles. The minimum atomic E-state index is -0.717. The maximum atomic E-state index is 14.1. The number of halogens is 3. The second kappa shape index (κ2) is 8.43. The van der Waals surface area contributed by atoms with Gasteiger partial charge in [-0.15, -0.1) is 0 Å². The standard InChI is InChI=1S/C15H14BrClFN3O4/c1-21-7-9(14(23)20-25-5-4-22)13(12(17)15(21)24)19-11-3-2-8(16)6-10(11)18/h2-3,6-7,19,22H,4-5H2,1H3,(H,20,23). The summed E-state index contributed by atoms with van der Waals surface area (Å²) in [7, 11) is 1.42. The van der Waals surface area contributed by atoms with Crippen LogP contribution in [0.15, 0.2) is 33.7 Å². The Morgan fingerprint density at radius 1 is 1.48 bits per heavy atom. The monoisotopic (exact) mass is 433 g/mol. The lowest BCUT2D eigenvalue weighted by Gasteiger charge is -2.15. The predicted molar refractivity (Wildman–Crippen MR) is 94.6 cm³/mol. The molecule has 1 aromatic carbocycles. The molecular formula is C15H14BrClFN3O4. The van der Waals surface area contributed by atoms with Crippen LogP contribution in [0.2, 0.25) is 5.02 Å². The largest absolute Gasteiger partial charge is 0.394 e. The van der Waals surface area contributed by atoms with Gasteiger partial charge < -0.3 is 15.0 Å². The van der Waals surface area contributed by atoms with E-state index in [0.29, 0.717) is 4.47 Å². The maximum absolute atomic E-state index is 14.1. The first-order valence-electron chi connectivity index (χ1n) is 6.99. The van der Waals surface area contributed by atoms with E-state index in [4.69, 9.17) is 21.5 Å². The average molecular weight is 435 g/mol. The van der Waals surface area contributed by atoms with E-state index in [-0.39, 0.29) is 35.2 Å². The molecule has 0 atom stereocenters. The van der Waals surface area contributed by atoms with Gasteiger partial charge in [0.1, 0.15) is 10.8 Å². The van der Waals surface area contributed by atoms with E-state index in [0.717, 1.165) is 4.57 Å². The summed E-state index contributed by atoms with van der Waals surface area (Å²) in [6, 6.07) is 4.24. The summed E-state index contributed by atoms with van der Waals surface area (Å²) in [4.78, 5) is 29.1. The highest BCUT2D eigenvalue weighted by Crippen LogP contribution is 2.29. The zero-order chi connectivity index (χ0) is 18.6. The molecule has 0 aliphatic rings. The number of carbonyl (C=O) groups is 1. The van der Waals surface area contributed by atoms with E-state index in [2.05, 4.69) is 26.7 Å². The number of hydrogen-bond acceptors (Lipinski definition) is 5. The van der Waals surface area contributed by atoms with E-state index in [9.17, 15) is 14.0 Å². The average Bonchev–Trinajstić information content (AvgIpc) is 2.57. The van der Waals surface area contributed by atoms with Crippen LogP contribution in [0.3, 0.4) is 0 Å². The third kappa shape index (κ3) is 4.57. The van der Waals surface area contributed by atoms with Gasteiger partial charge in [0.05, 0.1) is 30.2 Å². The van der Waals surface area contributed by atoms with Crippen molar-refractivity contribution < 1.29 is 19.1 Å². The summed E-state index contributed by atoms with van der Waals surface area (Å²) in [5.41, 5.74) is 1.49. The molecule has 0 saturated heterocycles. The fraction of sp³-hybridized carbons (Fsp3) is 0.200. The summed E-state index contributed by atoms with van der Waals surface area (Å²) >= 11 is 9.20. The molecule has 25 heavy (non-hydrogen) atoms. The van der Waals surface area contributed by atoms with Crippen molar-refractivity contribution >= 4 is 44.8 Å². The highest BCUT2D eigenvalue weighted by molar-refractivity contribution is 9.10. The van der Waals surface area contributed by atoms with Gasteiger partial charge in [0.15, 0.2) is 0 Å². The Kier molecular flexibility index (Phi) is 6.54. The van der Waals surface area contributed by atoms with Crippen molar-refractivity contribution in [3.05, 3.63) is 55.6 Å². The molecule has 134 valence electrons. The molecular weight excluding hydrogens is 421 g/mol. The van der Waals surface area contributed by atoms with Crippen LogP contribution >= 0.6 is 27.5 Å². The van der Waals surface area contributed by atoms with Crippen molar-refractivity contribution in [3.63, 3.8) is 0 Å². The van der Waals surface area contributed by atoms with Crippen LogP contribution in [0.25, 0.3) is 0 Å². The third-order valence-electron chi connectivity index (χ3n) is 3.11. The maximum Gasteiger partial charge on any atom is 0.278 e. The lowest BCUT2D eigenvalue weighted by molar-refractivity contribution is 0.0168. The number of rotatable bonds is 6. The zero-order valence-corrected chi connectivity index (χ0v) is 15.3. The lowest BCUT2D eigenvalue weighted by atomic mass is 10.2. The molecule has 1 amide bonds. The van der Waals surface area contributed by atoms with E-state index in [1.807, 2.05) is 0 Å². The predicted octanol–water partition coefficient (Wildman–Crippen LogP) is 2.34. The molecule has 0 saturated carbocycles. The Labute approximate surface area is 155 Å². The molecule has 1 heterocycles. The number of nitrogens with zero attached hydrogens (tertiary/aromatic N) is 1. The molecule has 2 rings (SSSR count). The smallest absolute Gasteiger partial charge is 0.278 e. The van der Waals surface area contributed by atoms with Gasteiger partial charge in [0, 0.05) is 17.7 Å². The van der Waals surface area contributed by atoms with Gasteiger partial charge in [-0.3, -0.25) is 14.4 Å². The number of aromatic nitrogens is 1. The molecule has 0 fully saturated rings. The Morgan fingerprint density at radius 3 is 2.84 bits per heavy atom. The number of hydroxylamine groups is 1. The van der Waals surface area contributed by atoms with Crippen molar-refractivity contribution in [3.8, 4) is 0 Å². The first kappa shape index (κ1) is 19.4. The SMILES string of the molecule is Cn1cc(C(=O)NOCCO)c(Nc2ccc(Br)cc2F)c(Cl)c1=O. The topological polar surface area (TPSA) is 92.6 Å². The minimum Gasteiger partial charge on any atom is -0.394 e. The van der Waals surface area contributed by atoms with Gasteiger partial charge in [-0.2, -0.15) is 0 Å². The molecule has 0 unspecified atom stereocenters. The van der Waals surface area contributed by atoms with E-state index < -0.39 is 17.3 Å². The molecule has 7 nitrogen and oxygen atoms in total. The summed E-state index contributed by atoms with van der Waals surface area (Å²) in [5, 5.41) is 11.1. The van der Waals surface area contributed by atoms with Crippen LogP contribution in [-0.2, 0) is 11.9 Å². The molecule has 0 spiro atoms. The van der Waals surface area contributed by atoms with Crippen molar-refractivity contribution in [2.75, 3.05) is 18.5 Å². The number of amides is 1. The Bertz CT molecular complexity index is 859. The fourth-order valence-electron chi connectivity index (χ4n) is 1.93. The number of aliphatic hydroxyl groups excluding tert-OH is 1. The van der Waals surface area contributed by atoms with Crippen LogP contribution in [0.1, 0.15) is 10.4 Å². The zero-order valence-electron chi connectivity index (χ0n) is 13.0. The molecule has 0 aliphatic heterocycles. The first-order chi connectivity index (χ1) is 11.8. The van der Waals surface area contributed by atoms with Crippen LogP contribution < -0.4 is 16.4 Å². The molecule has 10 heteroatoms. The summed E-state index contributed by atoms with van der Waals surface area (Å²) < 4.78 is 15.7. The number of aliphatic hydroxyl groups is 1. The fourth-order valence-corrected chi connectivity index (χ4v) is 2.55. The van der Waals surface area contributed by atoms with Crippen molar-refractivity contribution in [1.29, 1.82) is 0 Å². The van der Waals surface area contributed by atoms with Gasteiger partial charge in [0.2, 0.25) is 0 Å². The lowest BCUT2D eigenvalue weighted by Crippen LogP contribution is -2.29. The Hall–Kier alpha value is -1.94. The summed E-state index contributed by atoms with van der Waals surface area (Å²) in [5.74, 6) is -1.32. The van der Waals surface area contributed by atoms with Gasteiger partial charge in [-0.25, -0.2) is 9.87 Å². The normalized spacial score (nSPS) is 10.6. The third-order valence-corrected chi connectivity index (χ3v) is 3.96. The number of carbonyl (C=O) groups excluding carboxylic acids is 1. The van der Waals surface area contributed by atoms with Gasteiger partial charge >= 0.3 is 0 Å². The van der Waals surface area contributed by atoms with Crippen LogP contribution in [0.5, 0.6) is 0 Å². The number of hydrogen-bond donors (Lipinski definition) is 3. The van der Waals surface area contributed by atoms with E-state index in [1.165, 1.54) is 25.4 Å². The van der Waals surface area contributed by atoms with Crippen molar-refractivity contribution in [2.45, 2.75) is 0 Å². The minimum absolute atomic E-state index is 0.0312. The van der Waals surface area contributed by atoms with Crippen LogP contribution in [0.4, 0.5) is 15.8 Å². The highest BCUT2D eigenvalue weighted by atomic mass is 79.9. The summed E-state index contributed by atoms with van der Waals surface area (Å²) in [6.45, 7) is -0.404. The molecule has 3 N–H and O–H groups in total. The van der Waals surface area contributed by atoms with Crippen molar-refractivity contribution in [2.24, 2.45) is 7.05 Å². The van der Waals surface area contributed by atoms with E-state index in [1.54, 1.807) is 6.07 Å². The first-order valence-corrected chi connectivity index (χ1v) is 8.16. The summed E-state index contributed by atoms with van der Waals surface area (Å²) in [6.07, 6.45) is 1.24. The molecule has 0 bridgehead atoms. The van der Waals surface area contributed by atoms with E-state index >= 15 is 0 Å². The van der Waals surface area contributed by atoms with Crippen molar-refractivity contribution in [1.82, 2.24) is 10.0 Å². The quantitative estimate of drug-likeness (QED) is 0.479. The number of anilines is 2. The number of pyridine rings is 1. The Morgan fingerprint density at radius 2 is 2.20 bits per heavy atom. The number of benzene rings is 1. The highest BCUT2D eigenvalue weighted by Gasteiger charge is 2.20. The van der Waals surface area contributed by atoms with Crippen LogP contribution in [-0.4, -0.2) is 28.8 Å². The number of aryl methyl sites for hydroxylation is 1. The van der Waals surface area contributed by atoms with Crippen LogP contribution in [0, 0.1) is 5.82 Å². The van der Waals surface area contributed by atoms with Gasteiger partial charge in [0.25, 0.3) is 11.5 Å². The number of nitrogens with one attached hydrogen (secondary N) is 2.